The summed E-state index contributed by atoms with van der Waals surface area (Å²) in [6.07, 6.45) is 3.03. The average molecular weight is 188 g/mol. The molecule has 0 saturated carbocycles. The minimum absolute atomic E-state index is 0.655. The Hall–Kier alpha value is -1.29. The lowest BCUT2D eigenvalue weighted by molar-refractivity contribution is -0.131. The van der Waals surface area contributed by atoms with Crippen LogP contribution in [0.4, 0.5) is 0 Å². The van der Waals surface area contributed by atoms with Gasteiger partial charge in [0.05, 0.1) is 6.26 Å². The third kappa shape index (κ3) is 18.0. The van der Waals surface area contributed by atoms with E-state index >= 15 is 0 Å². The number of carboxylic acid groups (broad SMARTS) is 1. The molecule has 2 N–H and O–H groups in total. The predicted octanol–water partition coefficient (Wildman–Crippen LogP) is 1.52. The molecular weight excluding hydrogens is 172 g/mol. The highest BCUT2D eigenvalue weighted by Gasteiger charge is 1.96. The molecule has 76 valence electrons. The molecule has 0 saturated heterocycles. The molecule has 1 atom stereocenters. The minimum Gasteiger partial charge on any atom is -0.478 e. The van der Waals surface area contributed by atoms with Crippen LogP contribution in [0.15, 0.2) is 25.5 Å². The summed E-state index contributed by atoms with van der Waals surface area (Å²) in [6.45, 7) is 8.24. The van der Waals surface area contributed by atoms with E-state index in [9.17, 15) is 4.79 Å². The molecule has 0 rings (SSSR count). The summed E-state index contributed by atoms with van der Waals surface area (Å²) >= 11 is 0. The molecular formula is C9H16O4. The van der Waals surface area contributed by atoms with E-state index in [1.54, 1.807) is 0 Å². The van der Waals surface area contributed by atoms with Crippen molar-refractivity contribution in [2.45, 2.75) is 26.1 Å². The second kappa shape index (κ2) is 10.7. The number of carbonyl (C=O) groups is 1. The molecule has 1 unspecified atom stereocenters. The lowest BCUT2D eigenvalue weighted by atomic mass is 10.3. The van der Waals surface area contributed by atoms with Crippen molar-refractivity contribution in [2.24, 2.45) is 0 Å². The Morgan fingerprint density at radius 2 is 2.08 bits per heavy atom. The van der Waals surface area contributed by atoms with E-state index in [0.29, 0.717) is 6.42 Å². The van der Waals surface area contributed by atoms with Crippen LogP contribution in [0.1, 0.15) is 19.8 Å². The van der Waals surface area contributed by atoms with Gasteiger partial charge in [0.15, 0.2) is 6.29 Å². The van der Waals surface area contributed by atoms with Crippen LogP contribution in [-0.4, -0.2) is 22.5 Å². The summed E-state index contributed by atoms with van der Waals surface area (Å²) in [5.41, 5.74) is 0. The van der Waals surface area contributed by atoms with Crippen LogP contribution in [0.2, 0.25) is 0 Å². The van der Waals surface area contributed by atoms with Crippen LogP contribution in [0.25, 0.3) is 0 Å². The minimum atomic E-state index is -0.981. The molecule has 13 heavy (non-hydrogen) atoms. The van der Waals surface area contributed by atoms with Crippen LogP contribution in [0.5, 0.6) is 0 Å². The van der Waals surface area contributed by atoms with E-state index < -0.39 is 12.3 Å². The molecule has 0 aromatic carbocycles. The molecule has 0 aromatic rings. The first kappa shape index (κ1) is 14.2. The van der Waals surface area contributed by atoms with Crippen LogP contribution >= 0.6 is 0 Å². The highest BCUT2D eigenvalue weighted by Crippen LogP contribution is 1.96. The van der Waals surface area contributed by atoms with Gasteiger partial charge in [-0.05, 0) is 0 Å². The van der Waals surface area contributed by atoms with Gasteiger partial charge >= 0.3 is 5.97 Å². The highest BCUT2D eigenvalue weighted by atomic mass is 16.6. The Kier molecular flexibility index (Phi) is 11.7. The maximum atomic E-state index is 9.25. The van der Waals surface area contributed by atoms with Crippen LogP contribution in [0, 0.1) is 0 Å². The number of ether oxygens (including phenoxy) is 1. The molecule has 0 bridgehead atoms. The maximum absolute atomic E-state index is 9.25. The van der Waals surface area contributed by atoms with E-state index in [0.717, 1.165) is 12.5 Å². The zero-order chi connectivity index (χ0) is 10.7. The molecule has 0 aliphatic rings. The third-order valence-corrected chi connectivity index (χ3v) is 0.964. The number of carboxylic acids is 1. The summed E-state index contributed by atoms with van der Waals surface area (Å²) in [5, 5.41) is 16.4. The van der Waals surface area contributed by atoms with Gasteiger partial charge in [-0.25, -0.2) is 4.79 Å². The van der Waals surface area contributed by atoms with E-state index in [-0.39, 0.29) is 0 Å². The van der Waals surface area contributed by atoms with Crippen molar-refractivity contribution in [3.63, 3.8) is 0 Å². The zero-order valence-electron chi connectivity index (χ0n) is 7.77. The summed E-state index contributed by atoms with van der Waals surface area (Å²) in [5.74, 6) is -0.981. The molecule has 4 heteroatoms. The van der Waals surface area contributed by atoms with E-state index in [4.69, 9.17) is 10.2 Å². The third-order valence-electron chi connectivity index (χ3n) is 0.964. The fourth-order valence-corrected chi connectivity index (χ4v) is 0.426. The van der Waals surface area contributed by atoms with Crippen molar-refractivity contribution in [1.29, 1.82) is 0 Å². The van der Waals surface area contributed by atoms with Gasteiger partial charge in [0.2, 0.25) is 0 Å². The van der Waals surface area contributed by atoms with Gasteiger partial charge in [0.1, 0.15) is 0 Å². The highest BCUT2D eigenvalue weighted by molar-refractivity contribution is 5.78. The van der Waals surface area contributed by atoms with Crippen LogP contribution in [-0.2, 0) is 9.53 Å². The predicted molar refractivity (Wildman–Crippen MR) is 50.0 cm³/mol. The Morgan fingerprint density at radius 1 is 1.62 bits per heavy atom. The Labute approximate surface area is 78.1 Å². The Balaban J connectivity index is 0. The number of hydrogen-bond acceptors (Lipinski definition) is 3. The quantitative estimate of drug-likeness (QED) is 0.390. The molecule has 0 aromatic heterocycles. The van der Waals surface area contributed by atoms with Crippen molar-refractivity contribution in [3.8, 4) is 0 Å². The van der Waals surface area contributed by atoms with Gasteiger partial charge < -0.3 is 14.9 Å². The SMILES string of the molecule is C=CC(=O)O.C=COC(O)CCC. The number of aliphatic hydroxyl groups is 1. The first-order valence-corrected chi connectivity index (χ1v) is 3.88. The zero-order valence-corrected chi connectivity index (χ0v) is 7.77. The van der Waals surface area contributed by atoms with E-state index in [1.165, 1.54) is 6.26 Å². The standard InChI is InChI=1S/C6H12O2.C3H4O2/c1-3-5-6(7)8-4-2;1-2-3(4)5/h4,6-7H,2-3,5H2,1H3;2H,1H2,(H,4,5). The number of aliphatic carboxylic acids is 1. The van der Waals surface area contributed by atoms with E-state index in [1.807, 2.05) is 6.92 Å². The van der Waals surface area contributed by atoms with Crippen molar-refractivity contribution in [3.05, 3.63) is 25.5 Å². The van der Waals surface area contributed by atoms with Gasteiger partial charge in [-0.2, -0.15) is 0 Å². The fraction of sp³-hybridized carbons (Fsp3) is 0.444. The van der Waals surface area contributed by atoms with Gasteiger partial charge in [-0.1, -0.05) is 26.5 Å². The molecule has 4 nitrogen and oxygen atoms in total. The lowest BCUT2D eigenvalue weighted by Gasteiger charge is -2.06. The van der Waals surface area contributed by atoms with Crippen LogP contribution in [0.3, 0.4) is 0 Å². The summed E-state index contributed by atoms with van der Waals surface area (Å²) in [7, 11) is 0. The molecule has 0 spiro atoms. The van der Waals surface area contributed by atoms with Gasteiger partial charge in [0, 0.05) is 12.5 Å². The summed E-state index contributed by atoms with van der Waals surface area (Å²) in [6, 6.07) is 0. The lowest BCUT2D eigenvalue weighted by Crippen LogP contribution is -2.06. The fourth-order valence-electron chi connectivity index (χ4n) is 0.426. The van der Waals surface area contributed by atoms with Crippen molar-refractivity contribution in [1.82, 2.24) is 0 Å². The topological polar surface area (TPSA) is 66.8 Å². The first-order valence-electron chi connectivity index (χ1n) is 3.88. The summed E-state index contributed by atoms with van der Waals surface area (Å²) < 4.78 is 4.60. The molecule has 0 radical (unpaired) electrons. The summed E-state index contributed by atoms with van der Waals surface area (Å²) in [4.78, 5) is 9.25. The molecule has 0 aliphatic carbocycles. The van der Waals surface area contributed by atoms with Crippen molar-refractivity contribution in [2.75, 3.05) is 0 Å². The van der Waals surface area contributed by atoms with Crippen molar-refractivity contribution < 1.29 is 19.7 Å². The first-order chi connectivity index (χ1) is 6.08. The Morgan fingerprint density at radius 3 is 2.31 bits per heavy atom. The van der Waals surface area contributed by atoms with Gasteiger partial charge in [-0.15, -0.1) is 0 Å². The smallest absolute Gasteiger partial charge is 0.327 e. The van der Waals surface area contributed by atoms with E-state index in [2.05, 4.69) is 17.9 Å². The number of aliphatic hydroxyl groups excluding tert-OH is 1. The number of hydrogen-bond donors (Lipinski definition) is 2. The molecule has 0 aliphatic heterocycles. The normalized spacial score (nSPS) is 10.3. The maximum Gasteiger partial charge on any atom is 0.327 e. The molecule has 0 amide bonds. The van der Waals surface area contributed by atoms with Crippen LogP contribution < -0.4 is 0 Å². The largest absolute Gasteiger partial charge is 0.478 e. The van der Waals surface area contributed by atoms with Gasteiger partial charge in [-0.3, -0.25) is 0 Å². The monoisotopic (exact) mass is 188 g/mol. The van der Waals surface area contributed by atoms with Gasteiger partial charge in [0.25, 0.3) is 0 Å². The Bertz CT molecular complexity index is 154. The average Bonchev–Trinajstić information content (AvgIpc) is 2.06. The number of rotatable bonds is 5. The molecule has 0 fully saturated rings. The van der Waals surface area contributed by atoms with Crippen molar-refractivity contribution >= 4 is 5.97 Å². The second-order valence-electron chi connectivity index (χ2n) is 2.09. The second-order valence-corrected chi connectivity index (χ2v) is 2.09. The molecule has 0 heterocycles.